The highest BCUT2D eigenvalue weighted by Crippen LogP contribution is 2.51. The predicted molar refractivity (Wildman–Crippen MR) is 158 cm³/mol. The number of nitrogens with one attached hydrogen (secondary N) is 2. The van der Waals surface area contributed by atoms with E-state index in [2.05, 4.69) is 38.1 Å². The van der Waals surface area contributed by atoms with Crippen LogP contribution in [0, 0.1) is 12.8 Å². The van der Waals surface area contributed by atoms with Crippen molar-refractivity contribution >= 4 is 11.7 Å². The summed E-state index contributed by atoms with van der Waals surface area (Å²) >= 11 is 0. The SMILES string of the molecule is CCOc1cc(C(C)C(CCCCc2ccccc2)C(=O)NC2(c3nn[nH]n3)CC(F)(F)C2)c(C)c(OCC)c1C(C)=O. The van der Waals surface area contributed by atoms with E-state index in [0.29, 0.717) is 36.7 Å². The second-order valence-electron chi connectivity index (χ2n) is 11.4. The Morgan fingerprint density at radius 1 is 1.09 bits per heavy atom. The first-order chi connectivity index (χ1) is 20.5. The number of unbranched alkanes of at least 4 members (excludes halogenated alkanes) is 1. The maximum atomic E-state index is 14.2. The van der Waals surface area contributed by atoms with E-state index in [1.54, 1.807) is 0 Å². The number of aromatic nitrogens is 4. The largest absolute Gasteiger partial charge is 0.493 e. The molecule has 2 N–H and O–H groups in total. The van der Waals surface area contributed by atoms with Gasteiger partial charge in [0.1, 0.15) is 22.6 Å². The van der Waals surface area contributed by atoms with E-state index in [0.717, 1.165) is 30.4 Å². The molecule has 2 atom stereocenters. The Balaban J connectivity index is 1.67. The van der Waals surface area contributed by atoms with Gasteiger partial charge in [0, 0.05) is 18.8 Å². The molecule has 3 aromatic rings. The molecule has 2 unspecified atom stereocenters. The Morgan fingerprint density at radius 2 is 1.79 bits per heavy atom. The number of alkyl halides is 2. The molecule has 43 heavy (non-hydrogen) atoms. The number of carbonyl (C=O) groups excluding carboxylic acids is 2. The lowest BCUT2D eigenvalue weighted by Gasteiger charge is -2.46. The van der Waals surface area contributed by atoms with Crippen molar-refractivity contribution in [2.75, 3.05) is 13.2 Å². The van der Waals surface area contributed by atoms with Crippen molar-refractivity contribution in [1.29, 1.82) is 0 Å². The van der Waals surface area contributed by atoms with Crippen LogP contribution in [0.2, 0.25) is 0 Å². The molecule has 0 radical (unpaired) electrons. The number of hydrogen-bond acceptors (Lipinski definition) is 7. The number of hydrogen-bond donors (Lipinski definition) is 2. The third-order valence-corrected chi connectivity index (χ3v) is 8.24. The minimum absolute atomic E-state index is 0.0431. The van der Waals surface area contributed by atoms with Crippen molar-refractivity contribution in [2.24, 2.45) is 5.92 Å². The highest BCUT2D eigenvalue weighted by Gasteiger charge is 2.61. The number of rotatable bonds is 15. The first kappa shape index (κ1) is 32.0. The highest BCUT2D eigenvalue weighted by molar-refractivity contribution is 6.00. The van der Waals surface area contributed by atoms with Gasteiger partial charge in [-0.15, -0.1) is 10.2 Å². The summed E-state index contributed by atoms with van der Waals surface area (Å²) in [7, 11) is 0. The van der Waals surface area contributed by atoms with Crippen molar-refractivity contribution in [3.05, 3.63) is 64.5 Å². The molecule has 0 aliphatic heterocycles. The van der Waals surface area contributed by atoms with Crippen LogP contribution in [0.3, 0.4) is 0 Å². The van der Waals surface area contributed by atoms with E-state index in [9.17, 15) is 18.4 Å². The quantitative estimate of drug-likeness (QED) is 0.161. The van der Waals surface area contributed by atoms with Crippen molar-refractivity contribution in [3.8, 4) is 11.5 Å². The molecule has 0 saturated heterocycles. The summed E-state index contributed by atoms with van der Waals surface area (Å²) in [6, 6.07) is 11.9. The van der Waals surface area contributed by atoms with Gasteiger partial charge in [-0.1, -0.05) is 48.9 Å². The number of amides is 1. The van der Waals surface area contributed by atoms with Crippen LogP contribution in [0.5, 0.6) is 11.5 Å². The first-order valence-corrected chi connectivity index (χ1v) is 14.9. The molecule has 1 aromatic heterocycles. The Labute approximate surface area is 251 Å². The summed E-state index contributed by atoms with van der Waals surface area (Å²) in [6.45, 7) is 9.65. The lowest BCUT2D eigenvalue weighted by atomic mass is 9.71. The number of tetrazole rings is 1. The van der Waals surface area contributed by atoms with Crippen molar-refractivity contribution in [3.63, 3.8) is 0 Å². The molecule has 11 heteroatoms. The average molecular weight is 598 g/mol. The van der Waals surface area contributed by atoms with Crippen LogP contribution >= 0.6 is 0 Å². The Morgan fingerprint density at radius 3 is 2.37 bits per heavy atom. The number of aromatic amines is 1. The molecule has 9 nitrogen and oxygen atoms in total. The average Bonchev–Trinajstić information content (AvgIpc) is 3.49. The highest BCUT2D eigenvalue weighted by atomic mass is 19.3. The number of ether oxygens (including phenoxy) is 2. The number of benzene rings is 2. The van der Waals surface area contributed by atoms with Gasteiger partial charge in [-0.05, 0) is 75.6 Å². The number of aryl methyl sites for hydroxylation is 1. The molecule has 1 aliphatic carbocycles. The molecular formula is C32H41F2N5O4. The standard InChI is InChI=1S/C32H41F2N5O4/c1-6-42-26-17-25(21(4)28(43-7-2)27(26)22(5)40)20(3)24(16-12-11-15-23-13-9-8-10-14-23)29(41)35-31(18-32(33,34)19-31)30-36-38-39-37-30/h8-10,13-14,17,20,24H,6-7,11-12,15-16,18-19H2,1-5H3,(H,35,41)(H,36,37,38,39). The fourth-order valence-electron chi connectivity index (χ4n) is 6.14. The number of nitrogens with zero attached hydrogens (tertiary/aromatic N) is 3. The smallest absolute Gasteiger partial charge is 0.253 e. The predicted octanol–water partition coefficient (Wildman–Crippen LogP) is 6.08. The zero-order valence-corrected chi connectivity index (χ0v) is 25.5. The van der Waals surface area contributed by atoms with Crippen LogP contribution in [0.15, 0.2) is 36.4 Å². The van der Waals surface area contributed by atoms with E-state index in [4.69, 9.17) is 9.47 Å². The van der Waals surface area contributed by atoms with Crippen LogP contribution in [-0.4, -0.2) is 51.5 Å². The van der Waals surface area contributed by atoms with Gasteiger partial charge in [-0.3, -0.25) is 9.59 Å². The third kappa shape index (κ3) is 7.19. The van der Waals surface area contributed by atoms with Gasteiger partial charge in [-0.25, -0.2) is 8.78 Å². The topological polar surface area (TPSA) is 119 Å². The van der Waals surface area contributed by atoms with Gasteiger partial charge in [0.2, 0.25) is 5.91 Å². The number of Topliss-reactive ketones (excluding diaryl/α,β-unsaturated/α-hetero) is 1. The molecule has 4 rings (SSSR count). The number of H-pyrrole nitrogens is 1. The van der Waals surface area contributed by atoms with Gasteiger partial charge >= 0.3 is 0 Å². The summed E-state index contributed by atoms with van der Waals surface area (Å²) in [4.78, 5) is 26.7. The Hall–Kier alpha value is -3.89. The molecule has 1 heterocycles. The Kier molecular flexibility index (Phi) is 10.1. The van der Waals surface area contributed by atoms with Gasteiger partial charge in [0.25, 0.3) is 5.92 Å². The van der Waals surface area contributed by atoms with E-state index >= 15 is 0 Å². The molecule has 0 spiro atoms. The molecular weight excluding hydrogens is 556 g/mol. The lowest BCUT2D eigenvalue weighted by Crippen LogP contribution is -2.61. The van der Waals surface area contributed by atoms with Crippen LogP contribution < -0.4 is 14.8 Å². The molecule has 1 fully saturated rings. The van der Waals surface area contributed by atoms with Gasteiger partial charge < -0.3 is 14.8 Å². The van der Waals surface area contributed by atoms with E-state index < -0.39 is 30.2 Å². The molecule has 1 aliphatic rings. The van der Waals surface area contributed by atoms with E-state index in [-0.39, 0.29) is 23.4 Å². The van der Waals surface area contributed by atoms with Crippen LogP contribution in [0.25, 0.3) is 0 Å². The van der Waals surface area contributed by atoms with Crippen molar-refractivity contribution in [2.45, 2.75) is 90.5 Å². The monoisotopic (exact) mass is 597 g/mol. The summed E-state index contributed by atoms with van der Waals surface area (Å²) < 4.78 is 40.3. The second kappa shape index (κ2) is 13.6. The van der Waals surface area contributed by atoms with E-state index in [1.807, 2.05) is 52.0 Å². The summed E-state index contributed by atoms with van der Waals surface area (Å²) in [5.74, 6) is -3.55. The fraction of sp³-hybridized carbons (Fsp3) is 0.531. The Bertz CT molecular complexity index is 1390. The molecule has 232 valence electrons. The molecule has 2 aromatic carbocycles. The van der Waals surface area contributed by atoms with Crippen LogP contribution in [0.1, 0.15) is 98.6 Å². The van der Waals surface area contributed by atoms with Crippen molar-refractivity contribution < 1.29 is 27.8 Å². The normalized spacial score (nSPS) is 16.5. The van der Waals surface area contributed by atoms with E-state index in [1.165, 1.54) is 12.5 Å². The third-order valence-electron chi connectivity index (χ3n) is 8.24. The maximum Gasteiger partial charge on any atom is 0.253 e. The second-order valence-corrected chi connectivity index (χ2v) is 11.4. The van der Waals surface area contributed by atoms with Gasteiger partial charge in [0.15, 0.2) is 11.6 Å². The maximum absolute atomic E-state index is 14.2. The minimum atomic E-state index is -2.94. The fourth-order valence-corrected chi connectivity index (χ4v) is 6.14. The zero-order chi connectivity index (χ0) is 31.2. The number of ketones is 1. The van der Waals surface area contributed by atoms with Gasteiger partial charge in [0.05, 0.1) is 13.2 Å². The summed E-state index contributed by atoms with van der Waals surface area (Å²) in [5.41, 5.74) is 1.72. The molecule has 1 saturated carbocycles. The van der Waals surface area contributed by atoms with Crippen molar-refractivity contribution in [1.82, 2.24) is 25.9 Å². The molecule has 0 bridgehead atoms. The summed E-state index contributed by atoms with van der Waals surface area (Å²) in [6.07, 6.45) is 1.76. The minimum Gasteiger partial charge on any atom is -0.493 e. The zero-order valence-electron chi connectivity index (χ0n) is 25.5. The van der Waals surface area contributed by atoms with Crippen LogP contribution in [-0.2, 0) is 16.8 Å². The van der Waals surface area contributed by atoms with Crippen LogP contribution in [0.4, 0.5) is 8.78 Å². The lowest BCUT2D eigenvalue weighted by molar-refractivity contribution is -0.154. The summed E-state index contributed by atoms with van der Waals surface area (Å²) in [5, 5.41) is 16.7. The molecule has 1 amide bonds. The first-order valence-electron chi connectivity index (χ1n) is 14.9. The number of halogens is 2. The van der Waals surface area contributed by atoms with Gasteiger partial charge in [-0.2, -0.15) is 5.21 Å². The number of carbonyl (C=O) groups is 2.